The van der Waals surface area contributed by atoms with Gasteiger partial charge < -0.3 is 9.84 Å². The number of hydrogen-bond acceptors (Lipinski definition) is 6. The summed E-state index contributed by atoms with van der Waals surface area (Å²) in [4.78, 5) is 0. The zero-order valence-electron chi connectivity index (χ0n) is 8.21. The first-order valence-electron chi connectivity index (χ1n) is 4.48. The van der Waals surface area contributed by atoms with E-state index in [-0.39, 0.29) is 13.2 Å². The van der Waals surface area contributed by atoms with Crippen molar-refractivity contribution < 1.29 is 28.0 Å². The van der Waals surface area contributed by atoms with E-state index >= 15 is 0 Å². The maximum atomic E-state index is 11.7. The van der Waals surface area contributed by atoms with Crippen LogP contribution in [0, 0.1) is 0 Å². The van der Waals surface area contributed by atoms with Gasteiger partial charge in [-0.05, 0) is 13.8 Å². The number of phosphoric acid groups is 1. The molecule has 0 unspecified atom stereocenters. The lowest BCUT2D eigenvalue weighted by Gasteiger charge is -2.18. The molecule has 0 aliphatic carbocycles. The molecular weight excluding hydrogens is 211 g/mol. The van der Waals surface area contributed by atoms with E-state index in [0.717, 1.165) is 0 Å². The Morgan fingerprint density at radius 1 is 1.50 bits per heavy atom. The van der Waals surface area contributed by atoms with Gasteiger partial charge in [0.05, 0.1) is 19.8 Å². The number of aliphatic hydroxyl groups is 1. The molecule has 1 aliphatic rings. The lowest BCUT2D eigenvalue weighted by molar-refractivity contribution is -0.0626. The fraction of sp³-hybridized carbons (Fsp3) is 1.00. The summed E-state index contributed by atoms with van der Waals surface area (Å²) in [7, 11) is -3.62. The zero-order valence-corrected chi connectivity index (χ0v) is 9.11. The maximum absolute atomic E-state index is 11.7. The van der Waals surface area contributed by atoms with Crippen LogP contribution in [0.4, 0.5) is 0 Å². The Kier molecular flexibility index (Phi) is 4.50. The second-order valence-electron chi connectivity index (χ2n) is 2.65. The highest BCUT2D eigenvalue weighted by Gasteiger charge is 2.39. The van der Waals surface area contributed by atoms with Gasteiger partial charge in [-0.2, -0.15) is 0 Å². The molecule has 84 valence electrons. The minimum atomic E-state index is -3.62. The predicted molar refractivity (Wildman–Crippen MR) is 47.7 cm³/mol. The number of rotatable bonds is 7. The summed E-state index contributed by atoms with van der Waals surface area (Å²) in [5.74, 6) is 0. The van der Waals surface area contributed by atoms with Gasteiger partial charge in [-0.15, -0.1) is 0 Å². The van der Waals surface area contributed by atoms with E-state index in [2.05, 4.69) is 0 Å². The normalized spacial score (nSPS) is 23.5. The van der Waals surface area contributed by atoms with Gasteiger partial charge >= 0.3 is 7.82 Å². The van der Waals surface area contributed by atoms with Crippen LogP contribution in [0.5, 0.6) is 0 Å². The van der Waals surface area contributed by atoms with Gasteiger partial charge in [-0.3, -0.25) is 13.6 Å². The smallest absolute Gasteiger partial charge is 0.368 e. The van der Waals surface area contributed by atoms with Crippen molar-refractivity contribution in [3.63, 3.8) is 0 Å². The van der Waals surface area contributed by atoms with Gasteiger partial charge in [0, 0.05) is 0 Å². The molecule has 1 heterocycles. The summed E-state index contributed by atoms with van der Waals surface area (Å²) < 4.78 is 30.9. The van der Waals surface area contributed by atoms with Crippen LogP contribution >= 0.6 is 7.82 Å². The molecule has 1 saturated heterocycles. The van der Waals surface area contributed by atoms with E-state index in [1.807, 2.05) is 0 Å². The maximum Gasteiger partial charge on any atom is 0.477 e. The topological polar surface area (TPSA) is 77.5 Å². The highest BCUT2D eigenvalue weighted by molar-refractivity contribution is 7.48. The Balaban J connectivity index is 2.44. The van der Waals surface area contributed by atoms with Crippen molar-refractivity contribution in [1.82, 2.24) is 0 Å². The molecule has 1 aliphatic heterocycles. The van der Waals surface area contributed by atoms with E-state index in [4.69, 9.17) is 18.3 Å². The highest BCUT2D eigenvalue weighted by Crippen LogP contribution is 2.50. The molecule has 14 heavy (non-hydrogen) atoms. The standard InChI is InChI=1S/C7H15O6P/c1-3-11-14(9,12-4-2)13-7(8)6-5-10-6/h6-8H,3-5H2,1-2H3/t6-,7-/m1/s1. The fourth-order valence-corrected chi connectivity index (χ4v) is 2.06. The van der Waals surface area contributed by atoms with Crippen molar-refractivity contribution >= 4 is 7.82 Å². The predicted octanol–water partition coefficient (Wildman–Crippen LogP) is 0.901. The van der Waals surface area contributed by atoms with Crippen LogP contribution in [-0.2, 0) is 22.9 Å². The Bertz CT molecular complexity index is 206. The first-order chi connectivity index (χ1) is 6.61. The molecule has 0 aromatic rings. The third-order valence-electron chi connectivity index (χ3n) is 1.49. The fourth-order valence-electron chi connectivity index (χ4n) is 0.835. The SMILES string of the molecule is CCOP(=O)(OCC)O[C@@H](O)[C@H]1CO1. The average Bonchev–Trinajstić information content (AvgIpc) is 2.85. The Labute approximate surface area is 82.7 Å². The quantitative estimate of drug-likeness (QED) is 0.395. The molecule has 1 N–H and O–H groups in total. The molecule has 0 amide bonds. The molecule has 1 fully saturated rings. The zero-order chi connectivity index (χ0) is 10.6. The van der Waals surface area contributed by atoms with Crippen LogP contribution in [0.2, 0.25) is 0 Å². The van der Waals surface area contributed by atoms with Crippen LogP contribution in [0.15, 0.2) is 0 Å². The van der Waals surface area contributed by atoms with Crippen LogP contribution in [-0.4, -0.2) is 37.3 Å². The molecule has 0 aromatic carbocycles. The minimum Gasteiger partial charge on any atom is -0.368 e. The Morgan fingerprint density at radius 3 is 2.36 bits per heavy atom. The van der Waals surface area contributed by atoms with Gasteiger partial charge in [-0.1, -0.05) is 0 Å². The number of ether oxygens (including phenoxy) is 1. The molecule has 0 bridgehead atoms. The lowest BCUT2D eigenvalue weighted by Crippen LogP contribution is -2.19. The molecule has 7 heteroatoms. The minimum absolute atomic E-state index is 0.190. The van der Waals surface area contributed by atoms with E-state index in [1.165, 1.54) is 0 Å². The Hall–Kier alpha value is 0.0300. The summed E-state index contributed by atoms with van der Waals surface area (Å²) in [5.41, 5.74) is 0. The number of hydrogen-bond donors (Lipinski definition) is 1. The largest absolute Gasteiger partial charge is 0.477 e. The van der Waals surface area contributed by atoms with Crippen molar-refractivity contribution in [1.29, 1.82) is 0 Å². The van der Waals surface area contributed by atoms with Crippen LogP contribution in [0.3, 0.4) is 0 Å². The monoisotopic (exact) mass is 226 g/mol. The summed E-state index contributed by atoms with van der Waals surface area (Å²) in [6.07, 6.45) is -1.66. The third-order valence-corrected chi connectivity index (χ3v) is 3.11. The third kappa shape index (κ3) is 3.65. The molecular formula is C7H15O6P. The number of aliphatic hydroxyl groups excluding tert-OH is 1. The molecule has 6 nitrogen and oxygen atoms in total. The number of epoxide rings is 1. The first kappa shape index (κ1) is 12.1. The van der Waals surface area contributed by atoms with E-state index < -0.39 is 20.2 Å². The number of phosphoric ester groups is 1. The van der Waals surface area contributed by atoms with Gasteiger partial charge in [0.15, 0.2) is 6.29 Å². The van der Waals surface area contributed by atoms with Gasteiger partial charge in [-0.25, -0.2) is 4.57 Å². The van der Waals surface area contributed by atoms with Crippen LogP contribution < -0.4 is 0 Å². The van der Waals surface area contributed by atoms with Gasteiger partial charge in [0.25, 0.3) is 0 Å². The van der Waals surface area contributed by atoms with Crippen LogP contribution in [0.25, 0.3) is 0 Å². The molecule has 0 aromatic heterocycles. The Morgan fingerprint density at radius 2 is 2.00 bits per heavy atom. The van der Waals surface area contributed by atoms with Crippen molar-refractivity contribution in [2.75, 3.05) is 19.8 Å². The second kappa shape index (κ2) is 5.21. The molecule has 0 saturated carbocycles. The van der Waals surface area contributed by atoms with Crippen molar-refractivity contribution in [3.05, 3.63) is 0 Å². The van der Waals surface area contributed by atoms with Gasteiger partial charge in [0.2, 0.25) is 0 Å². The lowest BCUT2D eigenvalue weighted by atomic mass is 10.5. The van der Waals surface area contributed by atoms with Gasteiger partial charge in [0.1, 0.15) is 6.10 Å². The van der Waals surface area contributed by atoms with Crippen molar-refractivity contribution in [2.24, 2.45) is 0 Å². The molecule has 2 atom stereocenters. The van der Waals surface area contributed by atoms with E-state index in [9.17, 15) is 9.67 Å². The summed E-state index contributed by atoms with van der Waals surface area (Å²) in [5, 5.41) is 9.30. The van der Waals surface area contributed by atoms with E-state index in [1.54, 1.807) is 13.8 Å². The average molecular weight is 226 g/mol. The van der Waals surface area contributed by atoms with Crippen molar-refractivity contribution in [2.45, 2.75) is 26.2 Å². The van der Waals surface area contributed by atoms with E-state index in [0.29, 0.717) is 6.61 Å². The molecule has 0 radical (unpaired) electrons. The molecule has 1 rings (SSSR count). The second-order valence-corrected chi connectivity index (χ2v) is 4.27. The summed E-state index contributed by atoms with van der Waals surface area (Å²) >= 11 is 0. The summed E-state index contributed by atoms with van der Waals surface area (Å²) in [6, 6.07) is 0. The highest BCUT2D eigenvalue weighted by atomic mass is 31.2. The van der Waals surface area contributed by atoms with Crippen molar-refractivity contribution in [3.8, 4) is 0 Å². The van der Waals surface area contributed by atoms with Crippen LogP contribution in [0.1, 0.15) is 13.8 Å². The molecule has 0 spiro atoms. The first-order valence-corrected chi connectivity index (χ1v) is 5.94. The summed E-state index contributed by atoms with van der Waals surface area (Å²) in [6.45, 7) is 4.11.